The van der Waals surface area contributed by atoms with Crippen LogP contribution in [0.4, 0.5) is 5.82 Å². The Labute approximate surface area is 185 Å². The van der Waals surface area contributed by atoms with Gasteiger partial charge >= 0.3 is 0 Å². The molecule has 6 rings (SSSR count). The topological polar surface area (TPSA) is 90.5 Å². The van der Waals surface area contributed by atoms with Gasteiger partial charge in [0, 0.05) is 23.7 Å². The number of aryl methyl sites for hydroxylation is 1. The highest BCUT2D eigenvalue weighted by Crippen LogP contribution is 2.39. The van der Waals surface area contributed by atoms with E-state index in [1.807, 2.05) is 48.1 Å². The minimum absolute atomic E-state index is 0.206. The highest BCUT2D eigenvalue weighted by Gasteiger charge is 2.27. The van der Waals surface area contributed by atoms with Crippen molar-refractivity contribution >= 4 is 11.7 Å². The van der Waals surface area contributed by atoms with Crippen LogP contribution in [-0.2, 0) is 0 Å². The van der Waals surface area contributed by atoms with Crippen LogP contribution in [0.2, 0.25) is 0 Å². The Bertz CT molecular complexity index is 1310. The molecular weight excluding hydrogens is 402 g/mol. The number of rotatable bonds is 6. The number of nitrogens with zero attached hydrogens (tertiary/aromatic N) is 6. The maximum absolute atomic E-state index is 13.0. The predicted molar refractivity (Wildman–Crippen MR) is 120 cm³/mol. The zero-order chi connectivity index (χ0) is 21.7. The normalized spacial score (nSPS) is 15.7. The molecule has 8 heteroatoms. The molecule has 1 amide bonds. The lowest BCUT2D eigenvalue weighted by atomic mass is 10.1. The first kappa shape index (κ1) is 18.9. The Balaban J connectivity index is 1.25. The van der Waals surface area contributed by atoms with E-state index in [0.29, 0.717) is 29.0 Å². The van der Waals surface area contributed by atoms with E-state index in [4.69, 9.17) is 0 Å². The van der Waals surface area contributed by atoms with Gasteiger partial charge in [0.05, 0.1) is 17.7 Å². The number of carbonyl (C=O) groups excluding carboxylic acids is 1. The van der Waals surface area contributed by atoms with Crippen molar-refractivity contribution in [1.29, 1.82) is 0 Å². The van der Waals surface area contributed by atoms with Crippen molar-refractivity contribution in [1.82, 2.24) is 29.3 Å². The van der Waals surface area contributed by atoms with Crippen LogP contribution in [0, 0.1) is 6.92 Å². The molecule has 3 aromatic heterocycles. The van der Waals surface area contributed by atoms with Crippen molar-refractivity contribution in [3.63, 3.8) is 0 Å². The molecule has 0 aliphatic heterocycles. The monoisotopic (exact) mass is 425 g/mol. The molecule has 2 saturated carbocycles. The van der Waals surface area contributed by atoms with Crippen molar-refractivity contribution in [2.75, 3.05) is 5.32 Å². The number of benzene rings is 1. The molecule has 0 saturated heterocycles. The number of amides is 1. The molecular formula is C24H23N7O. The van der Waals surface area contributed by atoms with Crippen molar-refractivity contribution in [3.05, 3.63) is 72.1 Å². The van der Waals surface area contributed by atoms with Gasteiger partial charge in [0.1, 0.15) is 17.8 Å². The van der Waals surface area contributed by atoms with E-state index in [2.05, 4.69) is 36.2 Å². The Kier molecular flexibility index (Phi) is 4.38. The maximum Gasteiger partial charge on any atom is 0.256 e. The summed E-state index contributed by atoms with van der Waals surface area (Å²) >= 11 is 0. The average molecular weight is 425 g/mol. The lowest BCUT2D eigenvalue weighted by Gasteiger charge is -2.11. The predicted octanol–water partition coefficient (Wildman–Crippen LogP) is 4.30. The standard InChI is InChI=1S/C24H23N7O/c1-15-5-6-17(11-21(15)30-12-20(25-13-30)16-7-8-16)24(32)28-22-4-2-3-19(27-22)23-29-26-14-31(23)18-9-10-18/h2-6,11-14,16,18H,7-10H2,1H3,(H,27,28,32). The minimum atomic E-state index is -0.206. The van der Waals surface area contributed by atoms with Gasteiger partial charge in [0.2, 0.25) is 0 Å². The molecule has 3 heterocycles. The fraction of sp³-hybridized carbons (Fsp3) is 0.292. The largest absolute Gasteiger partial charge is 0.309 e. The van der Waals surface area contributed by atoms with Gasteiger partial charge in [0.25, 0.3) is 5.91 Å². The third-order valence-corrected chi connectivity index (χ3v) is 6.08. The summed E-state index contributed by atoms with van der Waals surface area (Å²) in [7, 11) is 0. The maximum atomic E-state index is 13.0. The Hall–Kier alpha value is -3.81. The molecule has 0 radical (unpaired) electrons. The molecule has 0 atom stereocenters. The quantitative estimate of drug-likeness (QED) is 0.497. The SMILES string of the molecule is Cc1ccc(C(=O)Nc2cccc(-c3nncn3C3CC3)n2)cc1-n1cnc(C2CC2)c1. The summed E-state index contributed by atoms with van der Waals surface area (Å²) in [4.78, 5) is 22.2. The summed E-state index contributed by atoms with van der Waals surface area (Å²) in [6, 6.07) is 11.7. The summed E-state index contributed by atoms with van der Waals surface area (Å²) in [5.41, 5.74) is 4.43. The van der Waals surface area contributed by atoms with Gasteiger partial charge in [-0.3, -0.25) is 4.79 Å². The number of carbonyl (C=O) groups is 1. The summed E-state index contributed by atoms with van der Waals surface area (Å²) in [5, 5.41) is 11.2. The highest BCUT2D eigenvalue weighted by atomic mass is 16.1. The number of hydrogen-bond acceptors (Lipinski definition) is 5. The minimum Gasteiger partial charge on any atom is -0.309 e. The van der Waals surface area contributed by atoms with Gasteiger partial charge in [-0.1, -0.05) is 12.1 Å². The number of aromatic nitrogens is 6. The first-order chi connectivity index (χ1) is 15.7. The number of anilines is 1. The Morgan fingerprint density at radius 1 is 1.09 bits per heavy atom. The van der Waals surface area contributed by atoms with E-state index in [1.165, 1.54) is 12.8 Å². The first-order valence-electron chi connectivity index (χ1n) is 11.0. The Morgan fingerprint density at radius 3 is 2.78 bits per heavy atom. The van der Waals surface area contributed by atoms with Gasteiger partial charge in [-0.25, -0.2) is 9.97 Å². The molecule has 160 valence electrons. The molecule has 0 unspecified atom stereocenters. The van der Waals surface area contributed by atoms with Crippen LogP contribution in [0.1, 0.15) is 59.3 Å². The van der Waals surface area contributed by atoms with Crippen LogP contribution < -0.4 is 5.32 Å². The van der Waals surface area contributed by atoms with Crippen molar-refractivity contribution < 1.29 is 4.79 Å². The average Bonchev–Trinajstić information content (AvgIpc) is 3.74. The second-order valence-electron chi connectivity index (χ2n) is 8.64. The zero-order valence-electron chi connectivity index (χ0n) is 17.8. The molecule has 2 aliphatic carbocycles. The van der Waals surface area contributed by atoms with Crippen LogP contribution in [0.5, 0.6) is 0 Å². The zero-order valence-corrected chi connectivity index (χ0v) is 17.8. The highest BCUT2D eigenvalue weighted by molar-refractivity contribution is 6.04. The van der Waals surface area contributed by atoms with Crippen LogP contribution >= 0.6 is 0 Å². The Morgan fingerprint density at radius 2 is 1.97 bits per heavy atom. The second kappa shape index (κ2) is 7.40. The lowest BCUT2D eigenvalue weighted by Crippen LogP contribution is -2.14. The molecule has 32 heavy (non-hydrogen) atoms. The fourth-order valence-corrected chi connectivity index (χ4v) is 3.95. The fourth-order valence-electron chi connectivity index (χ4n) is 3.95. The number of hydrogen-bond donors (Lipinski definition) is 1. The van der Waals surface area contributed by atoms with Crippen LogP contribution in [0.15, 0.2) is 55.2 Å². The first-order valence-corrected chi connectivity index (χ1v) is 11.0. The van der Waals surface area contributed by atoms with Gasteiger partial charge in [-0.05, 0) is 62.4 Å². The molecule has 2 fully saturated rings. The number of nitrogens with one attached hydrogen (secondary N) is 1. The van der Waals surface area contributed by atoms with E-state index in [0.717, 1.165) is 35.6 Å². The smallest absolute Gasteiger partial charge is 0.256 e. The van der Waals surface area contributed by atoms with Crippen LogP contribution in [0.3, 0.4) is 0 Å². The van der Waals surface area contributed by atoms with E-state index in [1.54, 1.807) is 12.4 Å². The van der Waals surface area contributed by atoms with E-state index in [9.17, 15) is 4.79 Å². The molecule has 1 aromatic carbocycles. The summed E-state index contributed by atoms with van der Waals surface area (Å²) in [6.45, 7) is 2.04. The lowest BCUT2D eigenvalue weighted by molar-refractivity contribution is 0.102. The van der Waals surface area contributed by atoms with E-state index >= 15 is 0 Å². The molecule has 1 N–H and O–H groups in total. The van der Waals surface area contributed by atoms with Crippen molar-refractivity contribution in [3.8, 4) is 17.2 Å². The summed E-state index contributed by atoms with van der Waals surface area (Å²) in [5.74, 6) is 1.60. The molecule has 0 spiro atoms. The van der Waals surface area contributed by atoms with Gasteiger partial charge < -0.3 is 14.5 Å². The van der Waals surface area contributed by atoms with Gasteiger partial charge in [0.15, 0.2) is 5.82 Å². The molecule has 8 nitrogen and oxygen atoms in total. The van der Waals surface area contributed by atoms with Crippen molar-refractivity contribution in [2.45, 2.75) is 44.6 Å². The van der Waals surface area contributed by atoms with Crippen molar-refractivity contribution in [2.24, 2.45) is 0 Å². The number of pyridine rings is 1. The third-order valence-electron chi connectivity index (χ3n) is 6.08. The molecule has 4 aromatic rings. The molecule has 0 bridgehead atoms. The van der Waals surface area contributed by atoms with Crippen LogP contribution in [0.25, 0.3) is 17.2 Å². The number of imidazole rings is 1. The van der Waals surface area contributed by atoms with Gasteiger partial charge in [-0.2, -0.15) is 0 Å². The van der Waals surface area contributed by atoms with Gasteiger partial charge in [-0.15, -0.1) is 10.2 Å². The van der Waals surface area contributed by atoms with E-state index in [-0.39, 0.29) is 5.91 Å². The molecule has 2 aliphatic rings. The summed E-state index contributed by atoms with van der Waals surface area (Å²) < 4.78 is 4.06. The summed E-state index contributed by atoms with van der Waals surface area (Å²) in [6.07, 6.45) is 10.3. The third kappa shape index (κ3) is 3.57. The van der Waals surface area contributed by atoms with Crippen LogP contribution in [-0.4, -0.2) is 35.2 Å². The van der Waals surface area contributed by atoms with E-state index < -0.39 is 0 Å². The second-order valence-corrected chi connectivity index (χ2v) is 8.64.